The maximum Gasteiger partial charge on any atom is 0.293 e. The molecule has 3 aromatic rings. The van der Waals surface area contributed by atoms with E-state index in [1.54, 1.807) is 48.5 Å². The monoisotopic (exact) mass is 479 g/mol. The van der Waals surface area contributed by atoms with Gasteiger partial charge in [-0.1, -0.05) is 41.9 Å². The summed E-state index contributed by atoms with van der Waals surface area (Å²) in [5, 5.41) is 18.6. The maximum absolute atomic E-state index is 12.7. The average Bonchev–Trinajstić information content (AvgIpc) is 3.08. The summed E-state index contributed by atoms with van der Waals surface area (Å²) in [4.78, 5) is 26.4. The zero-order valence-electron chi connectivity index (χ0n) is 17.2. The molecular formula is C24H18ClN3O4S. The number of rotatable bonds is 7. The third-order valence-corrected chi connectivity index (χ3v) is 5.85. The van der Waals surface area contributed by atoms with Crippen molar-refractivity contribution in [2.24, 2.45) is 10.2 Å². The number of ether oxygens (including phenoxy) is 1. The lowest BCUT2D eigenvalue weighted by molar-refractivity contribution is -0.123. The van der Waals surface area contributed by atoms with Crippen LogP contribution in [-0.4, -0.2) is 34.3 Å². The second-order valence-corrected chi connectivity index (χ2v) is 8.29. The molecule has 9 heteroatoms. The number of imide groups is 1. The molecule has 0 unspecified atom stereocenters. The first-order valence-corrected chi connectivity index (χ1v) is 11.1. The fraction of sp³-hybridized carbons (Fsp3) is 0.0833. The number of para-hydroxylation sites is 1. The topological polar surface area (TPSA) is 91.6 Å². The molecule has 1 aliphatic heterocycles. The van der Waals surface area contributed by atoms with E-state index < -0.39 is 11.1 Å². The Hall–Kier alpha value is -3.62. The van der Waals surface area contributed by atoms with E-state index in [0.717, 1.165) is 16.7 Å². The number of phenolic OH excluding ortho intramolecular Hbond substituents is 1. The predicted molar refractivity (Wildman–Crippen MR) is 128 cm³/mol. The number of aromatic hydroxyl groups is 1. The number of nitrogens with zero attached hydrogens (tertiary/aromatic N) is 3. The van der Waals surface area contributed by atoms with Gasteiger partial charge in [0, 0.05) is 5.56 Å². The molecule has 0 radical (unpaired) electrons. The smallest absolute Gasteiger partial charge is 0.293 e. The highest BCUT2D eigenvalue weighted by Gasteiger charge is 2.35. The third-order valence-electron chi connectivity index (χ3n) is 4.62. The van der Waals surface area contributed by atoms with Crippen molar-refractivity contribution in [3.05, 3.63) is 88.3 Å². The van der Waals surface area contributed by atoms with Gasteiger partial charge in [-0.05, 0) is 60.3 Å². The molecule has 2 amide bonds. The molecule has 0 aromatic heterocycles. The van der Waals surface area contributed by atoms with E-state index in [1.807, 2.05) is 18.2 Å². The molecule has 1 fully saturated rings. The Balaban J connectivity index is 1.46. The Morgan fingerprint density at radius 2 is 1.76 bits per heavy atom. The Morgan fingerprint density at radius 1 is 1.00 bits per heavy atom. The van der Waals surface area contributed by atoms with Crippen LogP contribution in [0.3, 0.4) is 0 Å². The number of carbonyl (C=O) groups excluding carboxylic acids is 2. The summed E-state index contributed by atoms with van der Waals surface area (Å²) in [6.07, 6.45) is 1.47. The predicted octanol–water partition coefficient (Wildman–Crippen LogP) is 6.58. The number of amides is 2. The zero-order chi connectivity index (χ0) is 23.2. The Bertz CT molecular complexity index is 1250. The summed E-state index contributed by atoms with van der Waals surface area (Å²) in [6, 6.07) is 20.8. The summed E-state index contributed by atoms with van der Waals surface area (Å²) in [5.74, 6) is 0.169. The van der Waals surface area contributed by atoms with Crippen LogP contribution in [0.2, 0.25) is 5.02 Å². The average molecular weight is 480 g/mol. The van der Waals surface area contributed by atoms with Crippen molar-refractivity contribution >= 4 is 52.0 Å². The minimum atomic E-state index is -0.441. The van der Waals surface area contributed by atoms with E-state index in [0.29, 0.717) is 27.7 Å². The van der Waals surface area contributed by atoms with Gasteiger partial charge in [-0.15, -0.1) is 5.11 Å². The zero-order valence-corrected chi connectivity index (χ0v) is 18.8. The highest BCUT2D eigenvalue weighted by Crippen LogP contribution is 2.35. The van der Waals surface area contributed by atoms with E-state index in [2.05, 4.69) is 10.2 Å². The van der Waals surface area contributed by atoms with Crippen molar-refractivity contribution in [2.45, 2.75) is 0 Å². The molecule has 7 nitrogen and oxygen atoms in total. The number of hydrogen-bond acceptors (Lipinski definition) is 7. The van der Waals surface area contributed by atoms with E-state index in [-0.39, 0.29) is 23.8 Å². The van der Waals surface area contributed by atoms with Crippen LogP contribution in [-0.2, 0) is 4.79 Å². The lowest BCUT2D eigenvalue weighted by Gasteiger charge is -2.13. The van der Waals surface area contributed by atoms with Gasteiger partial charge in [0.25, 0.3) is 11.1 Å². The van der Waals surface area contributed by atoms with Gasteiger partial charge in [-0.25, -0.2) is 0 Å². The van der Waals surface area contributed by atoms with Crippen LogP contribution in [0.5, 0.6) is 11.5 Å². The quantitative estimate of drug-likeness (QED) is 0.305. The van der Waals surface area contributed by atoms with Crippen LogP contribution in [0, 0.1) is 0 Å². The second kappa shape index (κ2) is 10.3. The fourth-order valence-electron chi connectivity index (χ4n) is 2.97. The molecule has 0 saturated carbocycles. The van der Waals surface area contributed by atoms with E-state index in [9.17, 15) is 14.7 Å². The summed E-state index contributed by atoms with van der Waals surface area (Å²) in [7, 11) is 0. The lowest BCUT2D eigenvalue weighted by Crippen LogP contribution is -2.32. The number of halogens is 1. The van der Waals surface area contributed by atoms with Crippen molar-refractivity contribution in [3.8, 4) is 11.5 Å². The normalized spacial score (nSPS) is 15.1. The molecule has 3 aromatic carbocycles. The van der Waals surface area contributed by atoms with Gasteiger partial charge < -0.3 is 9.84 Å². The highest BCUT2D eigenvalue weighted by molar-refractivity contribution is 8.18. The summed E-state index contributed by atoms with van der Waals surface area (Å²) < 4.78 is 5.58. The van der Waals surface area contributed by atoms with E-state index in [4.69, 9.17) is 16.3 Å². The second-order valence-electron chi connectivity index (χ2n) is 6.89. The van der Waals surface area contributed by atoms with Gasteiger partial charge in [0.2, 0.25) is 0 Å². The minimum Gasteiger partial charge on any atom is -0.507 e. The molecule has 33 heavy (non-hydrogen) atoms. The van der Waals surface area contributed by atoms with Crippen molar-refractivity contribution in [2.75, 3.05) is 13.2 Å². The molecule has 0 spiro atoms. The van der Waals surface area contributed by atoms with Gasteiger partial charge in [0.05, 0.1) is 22.2 Å². The van der Waals surface area contributed by atoms with Gasteiger partial charge in [0.15, 0.2) is 0 Å². The number of hydrogen-bond donors (Lipinski definition) is 1. The summed E-state index contributed by atoms with van der Waals surface area (Å²) in [6.45, 7) is 0.299. The Labute approximate surface area is 199 Å². The first-order chi connectivity index (χ1) is 16.0. The molecule has 0 atom stereocenters. The SMILES string of the molecule is O=C1S/C(=C\c2cc(N=Nc3ccccc3Cl)ccc2O)C(=O)N1CCOc1ccccc1. The van der Waals surface area contributed by atoms with Gasteiger partial charge in [-0.3, -0.25) is 14.5 Å². The highest BCUT2D eigenvalue weighted by atomic mass is 35.5. The van der Waals surface area contributed by atoms with Crippen LogP contribution in [0.15, 0.2) is 87.9 Å². The van der Waals surface area contributed by atoms with E-state index >= 15 is 0 Å². The maximum atomic E-state index is 12.7. The van der Waals surface area contributed by atoms with Gasteiger partial charge in [0.1, 0.15) is 23.8 Å². The molecule has 1 heterocycles. The number of azo groups is 1. The van der Waals surface area contributed by atoms with Crippen molar-refractivity contribution in [3.63, 3.8) is 0 Å². The molecular weight excluding hydrogens is 462 g/mol. The number of phenols is 1. The fourth-order valence-corrected chi connectivity index (χ4v) is 4.00. The Morgan fingerprint density at radius 3 is 2.55 bits per heavy atom. The third kappa shape index (κ3) is 5.60. The van der Waals surface area contributed by atoms with Crippen molar-refractivity contribution < 1.29 is 19.4 Å². The lowest BCUT2D eigenvalue weighted by atomic mass is 10.1. The molecule has 166 valence electrons. The van der Waals surface area contributed by atoms with Crippen LogP contribution < -0.4 is 4.74 Å². The largest absolute Gasteiger partial charge is 0.507 e. The van der Waals surface area contributed by atoms with Crippen molar-refractivity contribution in [1.29, 1.82) is 0 Å². The molecule has 1 saturated heterocycles. The number of carbonyl (C=O) groups is 2. The molecule has 1 aliphatic rings. The first kappa shape index (κ1) is 22.6. The standard InChI is InChI=1S/C24H18ClN3O4S/c25-19-8-4-5-9-20(19)27-26-17-10-11-21(29)16(14-17)15-22-23(30)28(24(31)33-22)12-13-32-18-6-2-1-3-7-18/h1-11,14-15,29H,12-13H2/b22-15-,27-26?. The van der Waals surface area contributed by atoms with E-state index in [1.165, 1.54) is 12.1 Å². The number of benzene rings is 3. The summed E-state index contributed by atoms with van der Waals surface area (Å²) >= 11 is 6.90. The minimum absolute atomic E-state index is 0.0501. The van der Waals surface area contributed by atoms with Crippen LogP contribution in [0.1, 0.15) is 5.56 Å². The first-order valence-electron chi connectivity index (χ1n) is 9.94. The Kier molecular flexibility index (Phi) is 7.07. The molecule has 0 aliphatic carbocycles. The molecule has 0 bridgehead atoms. The van der Waals surface area contributed by atoms with Crippen molar-refractivity contribution in [1.82, 2.24) is 4.90 Å². The van der Waals surface area contributed by atoms with Crippen LogP contribution in [0.25, 0.3) is 6.08 Å². The number of thioether (sulfide) groups is 1. The van der Waals surface area contributed by atoms with Crippen LogP contribution in [0.4, 0.5) is 16.2 Å². The summed E-state index contributed by atoms with van der Waals surface area (Å²) in [5.41, 5.74) is 1.30. The van der Waals surface area contributed by atoms with Gasteiger partial charge in [-0.2, -0.15) is 5.11 Å². The van der Waals surface area contributed by atoms with Crippen LogP contribution >= 0.6 is 23.4 Å². The van der Waals surface area contributed by atoms with Gasteiger partial charge >= 0.3 is 0 Å². The molecule has 4 rings (SSSR count). The molecule has 1 N–H and O–H groups in total.